The van der Waals surface area contributed by atoms with Crippen molar-refractivity contribution in [3.63, 3.8) is 0 Å². The van der Waals surface area contributed by atoms with E-state index in [9.17, 15) is 0 Å². The van der Waals surface area contributed by atoms with Crippen molar-refractivity contribution in [3.8, 4) is 16.8 Å². The first-order valence-electron chi connectivity index (χ1n) is 15.0. The first-order chi connectivity index (χ1) is 21.7. The second kappa shape index (κ2) is 8.14. The summed E-state index contributed by atoms with van der Waals surface area (Å²) in [5.74, 6) is 0. The van der Waals surface area contributed by atoms with Crippen LogP contribution >= 0.6 is 23.5 Å². The summed E-state index contributed by atoms with van der Waals surface area (Å²) in [5.41, 5.74) is 13.6. The number of rotatable bonds is 2. The van der Waals surface area contributed by atoms with E-state index in [-0.39, 0.29) is 6.85 Å². The van der Waals surface area contributed by atoms with E-state index in [0.29, 0.717) is 0 Å². The first kappa shape index (κ1) is 23.9. The molecule has 44 heavy (non-hydrogen) atoms. The molecule has 0 atom stereocenters. The lowest BCUT2D eigenvalue weighted by atomic mass is 9.45. The minimum absolute atomic E-state index is 0.0294. The summed E-state index contributed by atoms with van der Waals surface area (Å²) in [7, 11) is 0. The molecule has 206 valence electrons. The van der Waals surface area contributed by atoms with Gasteiger partial charge in [-0.3, -0.25) is 0 Å². The van der Waals surface area contributed by atoms with Crippen molar-refractivity contribution in [1.29, 1.82) is 0 Å². The molecule has 0 spiro atoms. The van der Waals surface area contributed by atoms with Crippen molar-refractivity contribution in [1.82, 2.24) is 9.05 Å². The van der Waals surface area contributed by atoms with Gasteiger partial charge in [-0.05, 0) is 77.5 Å². The molecule has 11 rings (SSSR count). The van der Waals surface area contributed by atoms with Crippen LogP contribution in [0.4, 0.5) is 0 Å². The third-order valence-corrected chi connectivity index (χ3v) is 11.5. The number of fused-ring (bicyclic) bond motifs is 14. The highest BCUT2D eigenvalue weighted by molar-refractivity contribution is 7.98. The molecule has 6 aromatic carbocycles. The van der Waals surface area contributed by atoms with Crippen molar-refractivity contribution in [2.45, 2.75) is 9.79 Å². The zero-order valence-electron chi connectivity index (χ0n) is 24.0. The van der Waals surface area contributed by atoms with Gasteiger partial charge in [-0.2, -0.15) is 0 Å². The van der Waals surface area contributed by atoms with Crippen LogP contribution < -0.4 is 10.9 Å². The average Bonchev–Trinajstić information content (AvgIpc) is 3.72. The molecule has 0 unspecified atom stereocenters. The number of benzene rings is 6. The molecule has 0 N–H and O–H groups in total. The molecule has 9 aromatic rings. The molecule has 0 fully saturated rings. The predicted molar refractivity (Wildman–Crippen MR) is 190 cm³/mol. The summed E-state index contributed by atoms with van der Waals surface area (Å²) in [6.45, 7) is 0.0294. The quantitative estimate of drug-likeness (QED) is 0.146. The molecule has 0 bridgehead atoms. The van der Waals surface area contributed by atoms with E-state index in [0.717, 1.165) is 11.2 Å². The summed E-state index contributed by atoms with van der Waals surface area (Å²) < 4.78 is 11.9. The second-order valence-electron chi connectivity index (χ2n) is 12.0. The molecule has 0 saturated heterocycles. The molecule has 5 heterocycles. The molecule has 0 radical (unpaired) electrons. The van der Waals surface area contributed by atoms with Crippen LogP contribution in [0.5, 0.6) is 0 Å². The van der Waals surface area contributed by atoms with Gasteiger partial charge in [-0.15, -0.1) is 23.5 Å². The van der Waals surface area contributed by atoms with Gasteiger partial charge in [0.1, 0.15) is 11.2 Å². The maximum atomic E-state index is 6.68. The fraction of sp³-hybridized carbons (Fsp3) is 0.0526. The zero-order valence-corrected chi connectivity index (χ0v) is 25.6. The Labute approximate surface area is 261 Å². The van der Waals surface area contributed by atoms with E-state index in [1.807, 2.05) is 11.8 Å². The van der Waals surface area contributed by atoms with Gasteiger partial charge in [0.05, 0.1) is 22.1 Å². The fourth-order valence-electron chi connectivity index (χ4n) is 8.39. The molecule has 2 aliphatic rings. The Hall–Kier alpha value is -4.52. The van der Waals surface area contributed by atoms with E-state index in [2.05, 4.69) is 125 Å². The highest BCUT2D eigenvalue weighted by Crippen LogP contribution is 2.47. The molecular formula is C38H23BN2OS2. The molecule has 3 nitrogen and oxygen atoms in total. The Morgan fingerprint density at radius 2 is 1.39 bits per heavy atom. The highest BCUT2D eigenvalue weighted by Gasteiger charge is 2.43. The fourth-order valence-corrected chi connectivity index (χ4v) is 9.31. The van der Waals surface area contributed by atoms with Gasteiger partial charge in [-0.25, -0.2) is 0 Å². The van der Waals surface area contributed by atoms with Gasteiger partial charge < -0.3 is 13.5 Å². The summed E-state index contributed by atoms with van der Waals surface area (Å²) in [5, 5.41) is 7.61. The largest absolute Gasteiger partial charge is 0.456 e. The van der Waals surface area contributed by atoms with Gasteiger partial charge >= 0.3 is 6.85 Å². The number of hydrogen-bond acceptors (Lipinski definition) is 3. The Kier molecular flexibility index (Phi) is 4.42. The first-order valence-corrected chi connectivity index (χ1v) is 17.4. The Morgan fingerprint density at radius 1 is 0.591 bits per heavy atom. The van der Waals surface area contributed by atoms with Crippen LogP contribution in [-0.4, -0.2) is 28.4 Å². The molecule has 0 amide bonds. The van der Waals surface area contributed by atoms with E-state index in [1.165, 1.54) is 91.9 Å². The summed E-state index contributed by atoms with van der Waals surface area (Å²) in [4.78, 5) is 2.58. The summed E-state index contributed by atoms with van der Waals surface area (Å²) in [6.07, 6.45) is 4.36. The summed E-state index contributed by atoms with van der Waals surface area (Å²) >= 11 is 3.64. The van der Waals surface area contributed by atoms with Crippen LogP contribution in [0.2, 0.25) is 0 Å². The number of nitrogens with zero attached hydrogens (tertiary/aromatic N) is 2. The maximum Gasteiger partial charge on any atom is 0.333 e. The lowest BCUT2D eigenvalue weighted by Gasteiger charge is -2.34. The molecular weight excluding hydrogens is 575 g/mol. The van der Waals surface area contributed by atoms with Gasteiger partial charge in [0.25, 0.3) is 0 Å². The van der Waals surface area contributed by atoms with Gasteiger partial charge in [0.2, 0.25) is 0 Å². The summed E-state index contributed by atoms with van der Waals surface area (Å²) in [6, 6.07) is 38.5. The monoisotopic (exact) mass is 598 g/mol. The second-order valence-corrected chi connectivity index (χ2v) is 13.7. The lowest BCUT2D eigenvalue weighted by molar-refractivity contribution is 0.669. The van der Waals surface area contributed by atoms with E-state index >= 15 is 0 Å². The van der Waals surface area contributed by atoms with Crippen molar-refractivity contribution in [3.05, 3.63) is 103 Å². The minimum Gasteiger partial charge on any atom is -0.456 e. The van der Waals surface area contributed by atoms with Crippen LogP contribution in [0.1, 0.15) is 0 Å². The molecule has 0 saturated carbocycles. The van der Waals surface area contributed by atoms with Gasteiger partial charge in [0, 0.05) is 53.3 Å². The minimum atomic E-state index is 0.0294. The smallest absolute Gasteiger partial charge is 0.333 e. The van der Waals surface area contributed by atoms with Crippen molar-refractivity contribution in [2.24, 2.45) is 0 Å². The third kappa shape index (κ3) is 2.68. The number of para-hydroxylation sites is 3. The molecule has 6 heteroatoms. The van der Waals surface area contributed by atoms with Crippen LogP contribution in [0.15, 0.2) is 117 Å². The SMILES string of the molecule is CSc1ccc2c(c1)c1cc(SC)cc3c1n2-c1c2c(cc4oc5ccccc5c14)-c1cccc4c5ccccc5n(c14)B23. The number of thioether (sulfide) groups is 2. The zero-order chi connectivity index (χ0) is 28.8. The molecule has 2 aliphatic heterocycles. The van der Waals surface area contributed by atoms with Gasteiger partial charge in [0.15, 0.2) is 0 Å². The highest BCUT2D eigenvalue weighted by atomic mass is 32.2. The van der Waals surface area contributed by atoms with Crippen LogP contribution in [0.3, 0.4) is 0 Å². The number of aromatic nitrogens is 2. The number of hydrogen-bond donors (Lipinski definition) is 0. The van der Waals surface area contributed by atoms with Gasteiger partial charge in [-0.1, -0.05) is 54.6 Å². The third-order valence-electron chi connectivity index (χ3n) is 10.1. The standard InChI is InChI=1S/C38H23BN2OS2/c1-43-20-14-15-30-26(16-20)28-17-21(44-2)18-29-37(28)40(30)38-34-25-9-4-6-13-32(25)42-33(34)19-27-24-11-7-10-23-22-8-3-5-12-31(22)41(36(23)24)39(29)35(27)38/h3-19H,1-2H3. The lowest BCUT2D eigenvalue weighted by Crippen LogP contribution is -2.55. The van der Waals surface area contributed by atoms with Crippen LogP contribution in [-0.2, 0) is 0 Å². The topological polar surface area (TPSA) is 23.0 Å². The average molecular weight is 599 g/mol. The van der Waals surface area contributed by atoms with Crippen LogP contribution in [0, 0.1) is 0 Å². The molecule has 0 aliphatic carbocycles. The van der Waals surface area contributed by atoms with E-state index in [4.69, 9.17) is 4.42 Å². The van der Waals surface area contributed by atoms with E-state index in [1.54, 1.807) is 11.8 Å². The van der Waals surface area contributed by atoms with Crippen LogP contribution in [0.25, 0.3) is 82.4 Å². The van der Waals surface area contributed by atoms with Crippen molar-refractivity contribution < 1.29 is 4.42 Å². The van der Waals surface area contributed by atoms with Crippen molar-refractivity contribution in [2.75, 3.05) is 12.5 Å². The predicted octanol–water partition coefficient (Wildman–Crippen LogP) is 9.18. The number of furan rings is 1. The Bertz CT molecular complexity index is 2770. The maximum absolute atomic E-state index is 6.68. The normalized spacial score (nSPS) is 13.4. The van der Waals surface area contributed by atoms with Crippen molar-refractivity contribution >= 4 is 107 Å². The van der Waals surface area contributed by atoms with E-state index < -0.39 is 0 Å². The Morgan fingerprint density at radius 3 is 2.27 bits per heavy atom. The Balaban J connectivity index is 1.47. The molecule has 3 aromatic heterocycles.